The van der Waals surface area contributed by atoms with Gasteiger partial charge in [0, 0.05) is 45.6 Å². The van der Waals surface area contributed by atoms with E-state index in [1.165, 1.54) is 0 Å². The van der Waals surface area contributed by atoms with Crippen LogP contribution in [-0.4, -0.2) is 67.8 Å². The van der Waals surface area contributed by atoms with Gasteiger partial charge in [0.25, 0.3) is 5.91 Å². The number of imidazole rings is 1. The lowest BCUT2D eigenvalue weighted by Gasteiger charge is -2.44. The second kappa shape index (κ2) is 6.83. The summed E-state index contributed by atoms with van der Waals surface area (Å²) < 4.78 is 9.18. The van der Waals surface area contributed by atoms with Crippen molar-refractivity contribution in [3.05, 3.63) is 24.2 Å². The molecule has 2 atom stereocenters. The van der Waals surface area contributed by atoms with Gasteiger partial charge in [-0.1, -0.05) is 0 Å². The van der Waals surface area contributed by atoms with Crippen LogP contribution in [-0.2, 0) is 11.8 Å². The molecule has 2 aromatic rings. The number of ether oxygens (including phenoxy) is 1. The van der Waals surface area contributed by atoms with Crippen LogP contribution < -0.4 is 0 Å². The van der Waals surface area contributed by atoms with Gasteiger partial charge in [0.2, 0.25) is 0 Å². The van der Waals surface area contributed by atoms with Crippen molar-refractivity contribution in [1.29, 1.82) is 0 Å². The highest BCUT2D eigenvalue weighted by Gasteiger charge is 2.38. The number of carbonyl (C=O) groups excluding carboxylic acids is 2. The number of aromatic nitrogens is 3. The minimum atomic E-state index is -0.495. The number of hydrogen-bond donors (Lipinski definition) is 0. The predicted molar refractivity (Wildman–Crippen MR) is 104 cm³/mol. The molecule has 2 aromatic heterocycles. The highest BCUT2D eigenvalue weighted by Crippen LogP contribution is 2.32. The molecule has 0 spiro atoms. The van der Waals surface area contributed by atoms with E-state index in [9.17, 15) is 9.59 Å². The summed E-state index contributed by atoms with van der Waals surface area (Å²) in [5.74, 6) is 0.869. The monoisotopic (exact) mass is 387 g/mol. The fourth-order valence-corrected chi connectivity index (χ4v) is 4.41. The van der Waals surface area contributed by atoms with Gasteiger partial charge in [-0.05, 0) is 45.4 Å². The Kier molecular flexibility index (Phi) is 4.59. The van der Waals surface area contributed by atoms with E-state index in [4.69, 9.17) is 4.74 Å². The number of likely N-dealkylation sites (tertiary alicyclic amines) is 2. The molecule has 2 aliphatic rings. The number of aryl methyl sites for hydroxylation is 1. The molecule has 2 fully saturated rings. The first-order valence-corrected chi connectivity index (χ1v) is 9.99. The smallest absolute Gasteiger partial charge is 0.410 e. The Bertz CT molecular complexity index is 893. The summed E-state index contributed by atoms with van der Waals surface area (Å²) >= 11 is 0. The molecule has 2 unspecified atom stereocenters. The average Bonchev–Trinajstić information content (AvgIpc) is 3.22. The molecule has 4 rings (SSSR count). The molecule has 0 N–H and O–H groups in total. The van der Waals surface area contributed by atoms with E-state index >= 15 is 0 Å². The summed E-state index contributed by atoms with van der Waals surface area (Å²) in [6.07, 6.45) is 7.09. The second-order valence-corrected chi connectivity index (χ2v) is 9.01. The third-order valence-corrected chi connectivity index (χ3v) is 5.82. The highest BCUT2D eigenvalue weighted by molar-refractivity contribution is 5.99. The average molecular weight is 387 g/mol. The number of carbonyl (C=O) groups is 2. The van der Waals surface area contributed by atoms with Crippen molar-refractivity contribution in [3.63, 3.8) is 0 Å². The minimum absolute atomic E-state index is 0.0182. The third-order valence-electron chi connectivity index (χ3n) is 5.82. The van der Waals surface area contributed by atoms with Gasteiger partial charge in [-0.2, -0.15) is 5.10 Å². The molecule has 8 heteroatoms. The van der Waals surface area contributed by atoms with Gasteiger partial charge < -0.3 is 19.1 Å². The lowest BCUT2D eigenvalue weighted by molar-refractivity contribution is -0.00153. The number of rotatable bonds is 1. The van der Waals surface area contributed by atoms with E-state index in [2.05, 4.69) is 5.10 Å². The number of piperidine rings is 2. The summed E-state index contributed by atoms with van der Waals surface area (Å²) in [6.45, 7) is 8.46. The second-order valence-electron chi connectivity index (χ2n) is 9.01. The maximum Gasteiger partial charge on any atom is 0.410 e. The Labute approximate surface area is 165 Å². The molecule has 0 aliphatic carbocycles. The molecule has 28 heavy (non-hydrogen) atoms. The van der Waals surface area contributed by atoms with Gasteiger partial charge in [0.1, 0.15) is 16.8 Å². The van der Waals surface area contributed by atoms with E-state index in [1.807, 2.05) is 49.7 Å². The molecule has 0 radical (unpaired) electrons. The summed E-state index contributed by atoms with van der Waals surface area (Å²) in [7, 11) is 1.92. The van der Waals surface area contributed by atoms with Crippen LogP contribution in [0.4, 0.5) is 4.79 Å². The van der Waals surface area contributed by atoms with Gasteiger partial charge in [-0.25, -0.2) is 9.31 Å². The Hall–Kier alpha value is -2.51. The van der Waals surface area contributed by atoms with Gasteiger partial charge in [-0.15, -0.1) is 0 Å². The predicted octanol–water partition coefficient (Wildman–Crippen LogP) is 2.39. The number of hydrogen-bond acceptors (Lipinski definition) is 4. The minimum Gasteiger partial charge on any atom is -0.444 e. The summed E-state index contributed by atoms with van der Waals surface area (Å²) in [5, 5.41) is 4.29. The molecule has 0 bridgehead atoms. The van der Waals surface area contributed by atoms with Gasteiger partial charge in [0.05, 0.1) is 6.20 Å². The Morgan fingerprint density at radius 2 is 1.75 bits per heavy atom. The largest absolute Gasteiger partial charge is 0.444 e. The molecule has 0 saturated carbocycles. The van der Waals surface area contributed by atoms with Crippen molar-refractivity contribution >= 4 is 17.6 Å². The first-order chi connectivity index (χ1) is 13.2. The summed E-state index contributed by atoms with van der Waals surface area (Å²) in [6, 6.07) is 0. The van der Waals surface area contributed by atoms with Crippen LogP contribution in [0.2, 0.25) is 0 Å². The lowest BCUT2D eigenvalue weighted by atomic mass is 9.80. The van der Waals surface area contributed by atoms with E-state index in [0.717, 1.165) is 31.6 Å². The fraction of sp³-hybridized carbons (Fsp3) is 0.650. The highest BCUT2D eigenvalue weighted by atomic mass is 16.6. The Morgan fingerprint density at radius 3 is 2.46 bits per heavy atom. The standard InChI is InChI=1S/C20H29N5O3/c1-20(2,3)28-19(27)24-8-6-14-5-7-23(12-15(14)13-24)18(26)16-11-21-25-10-9-22(4)17(16)25/h9-11,14-15H,5-8,12-13H2,1-4H3. The van der Waals surface area contributed by atoms with Crippen LogP contribution in [0.3, 0.4) is 0 Å². The maximum absolute atomic E-state index is 13.2. The zero-order chi connectivity index (χ0) is 20.1. The van der Waals surface area contributed by atoms with E-state index in [-0.39, 0.29) is 12.0 Å². The molecule has 0 aromatic carbocycles. The molecule has 4 heterocycles. The van der Waals surface area contributed by atoms with Crippen LogP contribution in [0.5, 0.6) is 0 Å². The number of nitrogens with zero attached hydrogens (tertiary/aromatic N) is 5. The van der Waals surface area contributed by atoms with E-state index < -0.39 is 5.60 Å². The van der Waals surface area contributed by atoms with Crippen LogP contribution in [0.15, 0.2) is 18.6 Å². The number of amides is 2. The van der Waals surface area contributed by atoms with E-state index in [1.54, 1.807) is 15.6 Å². The number of fused-ring (bicyclic) bond motifs is 2. The SMILES string of the molecule is Cn1ccn2ncc(C(=O)N3CCC4CCN(C(=O)OC(C)(C)C)CC4C3)c12. The molecule has 2 aliphatic heterocycles. The van der Waals surface area contributed by atoms with E-state index in [0.29, 0.717) is 30.5 Å². The Morgan fingerprint density at radius 1 is 1.07 bits per heavy atom. The molecule has 152 valence electrons. The fourth-order valence-electron chi connectivity index (χ4n) is 4.41. The zero-order valence-electron chi connectivity index (χ0n) is 17.1. The topological polar surface area (TPSA) is 72.1 Å². The van der Waals surface area contributed by atoms with Crippen molar-refractivity contribution in [1.82, 2.24) is 24.0 Å². The van der Waals surface area contributed by atoms with Crippen LogP contribution in [0, 0.1) is 11.8 Å². The van der Waals surface area contributed by atoms with Crippen molar-refractivity contribution in [2.45, 2.75) is 39.2 Å². The van der Waals surface area contributed by atoms with Crippen molar-refractivity contribution in [2.24, 2.45) is 18.9 Å². The van der Waals surface area contributed by atoms with Gasteiger partial charge in [0.15, 0.2) is 0 Å². The first-order valence-electron chi connectivity index (χ1n) is 9.99. The summed E-state index contributed by atoms with van der Waals surface area (Å²) in [4.78, 5) is 29.3. The van der Waals surface area contributed by atoms with Crippen LogP contribution in [0.25, 0.3) is 5.65 Å². The zero-order valence-corrected chi connectivity index (χ0v) is 17.1. The molecular weight excluding hydrogens is 358 g/mol. The molecule has 2 saturated heterocycles. The lowest BCUT2D eigenvalue weighted by Crippen LogP contribution is -2.53. The molecular formula is C20H29N5O3. The maximum atomic E-state index is 13.2. The van der Waals surface area contributed by atoms with Crippen molar-refractivity contribution in [3.8, 4) is 0 Å². The molecule has 8 nitrogen and oxygen atoms in total. The van der Waals surface area contributed by atoms with Crippen LogP contribution >= 0.6 is 0 Å². The summed E-state index contributed by atoms with van der Waals surface area (Å²) in [5.41, 5.74) is 0.947. The van der Waals surface area contributed by atoms with Gasteiger partial charge in [-0.3, -0.25) is 4.79 Å². The van der Waals surface area contributed by atoms with Crippen molar-refractivity contribution < 1.29 is 14.3 Å². The van der Waals surface area contributed by atoms with Crippen LogP contribution in [0.1, 0.15) is 44.0 Å². The quantitative estimate of drug-likeness (QED) is 0.753. The third kappa shape index (κ3) is 3.47. The van der Waals surface area contributed by atoms with Crippen molar-refractivity contribution in [2.75, 3.05) is 26.2 Å². The van der Waals surface area contributed by atoms with Gasteiger partial charge >= 0.3 is 6.09 Å². The Balaban J connectivity index is 1.46. The normalized spacial score (nSPS) is 23.0. The molecule has 2 amide bonds. The first kappa shape index (κ1) is 18.8.